The van der Waals surface area contributed by atoms with E-state index in [9.17, 15) is 24.3 Å². The summed E-state index contributed by atoms with van der Waals surface area (Å²) in [6, 6.07) is 18.3. The zero-order valence-corrected chi connectivity index (χ0v) is 24.6. The van der Waals surface area contributed by atoms with Gasteiger partial charge in [0, 0.05) is 35.3 Å². The first-order valence-electron chi connectivity index (χ1n) is 14.6. The zero-order valence-electron chi connectivity index (χ0n) is 24.6. The number of phenols is 1. The predicted octanol–water partition coefficient (Wildman–Crippen LogP) is 5.14. The number of carbonyl (C=O) groups excluding carboxylic acids is 4. The molecule has 0 unspecified atom stereocenters. The quantitative estimate of drug-likeness (QED) is 0.221. The van der Waals surface area contributed by atoms with Gasteiger partial charge in [0.05, 0.1) is 11.1 Å². The number of fused-ring (bicyclic) bond motifs is 2. The number of ketones is 2. The van der Waals surface area contributed by atoms with E-state index in [1.165, 1.54) is 6.07 Å². The molecule has 0 heterocycles. The number of nitrogens with one attached hydrogen (secondary N) is 3. The Bertz CT molecular complexity index is 1540. The summed E-state index contributed by atoms with van der Waals surface area (Å²) < 4.78 is 5.40. The van der Waals surface area contributed by atoms with Gasteiger partial charge in [-0.3, -0.25) is 14.4 Å². The number of carbonyl (C=O) groups is 4. The standard InChI is InChI=1S/C34H37N3O6/c1-34(2,3)43-33(42)37-26(19-20-9-5-4-6-10-20)32(41)36-22-15-13-21(14-16-22)35-25-17-18-27(38)29-28(25)30(39)23-11-7-8-12-24(23)31(29)40/h4-12,17-18,21-22,26,35,38H,13-16,19H2,1-3H3,(H,36,41)(H,37,42)/t21?,22?,26-/m0/s1. The molecule has 5 rings (SSSR count). The van der Waals surface area contributed by atoms with Crippen molar-refractivity contribution >= 4 is 29.3 Å². The second-order valence-electron chi connectivity index (χ2n) is 12.2. The van der Waals surface area contributed by atoms with E-state index in [0.29, 0.717) is 43.4 Å². The molecule has 0 aliphatic heterocycles. The zero-order chi connectivity index (χ0) is 30.7. The average molecular weight is 584 g/mol. The maximum Gasteiger partial charge on any atom is 0.408 e. The molecule has 2 aliphatic rings. The number of aromatic hydroxyl groups is 1. The smallest absolute Gasteiger partial charge is 0.408 e. The topological polar surface area (TPSA) is 134 Å². The third-order valence-corrected chi connectivity index (χ3v) is 7.78. The molecule has 1 atom stereocenters. The third kappa shape index (κ3) is 6.88. The number of hydrogen-bond donors (Lipinski definition) is 4. The van der Waals surface area contributed by atoms with Crippen molar-refractivity contribution in [3.05, 3.63) is 94.5 Å². The molecule has 2 aliphatic carbocycles. The van der Waals surface area contributed by atoms with Crippen LogP contribution in [0.15, 0.2) is 66.7 Å². The van der Waals surface area contributed by atoms with Crippen LogP contribution in [0, 0.1) is 0 Å². The summed E-state index contributed by atoms with van der Waals surface area (Å²) in [5.74, 6) is -1.17. The lowest BCUT2D eigenvalue weighted by Crippen LogP contribution is -2.52. The third-order valence-electron chi connectivity index (χ3n) is 7.78. The van der Waals surface area contributed by atoms with Crippen LogP contribution in [0.2, 0.25) is 0 Å². The number of alkyl carbamates (subject to hydrolysis) is 1. The number of anilines is 1. The molecule has 43 heavy (non-hydrogen) atoms. The molecule has 9 heteroatoms. The molecule has 0 aromatic heterocycles. The Morgan fingerprint density at radius 3 is 2.05 bits per heavy atom. The van der Waals surface area contributed by atoms with Crippen LogP contribution in [0.5, 0.6) is 5.75 Å². The highest BCUT2D eigenvalue weighted by atomic mass is 16.6. The highest BCUT2D eigenvalue weighted by molar-refractivity contribution is 6.31. The molecule has 0 saturated heterocycles. The number of hydrogen-bond acceptors (Lipinski definition) is 7. The van der Waals surface area contributed by atoms with Gasteiger partial charge in [0.1, 0.15) is 17.4 Å². The summed E-state index contributed by atoms with van der Waals surface area (Å²) >= 11 is 0. The molecule has 9 nitrogen and oxygen atoms in total. The Balaban J connectivity index is 1.23. The van der Waals surface area contributed by atoms with Gasteiger partial charge >= 0.3 is 6.09 Å². The second-order valence-corrected chi connectivity index (χ2v) is 12.2. The number of amides is 2. The van der Waals surface area contributed by atoms with E-state index < -0.39 is 17.7 Å². The van der Waals surface area contributed by atoms with Crippen LogP contribution in [0.1, 0.15) is 83.9 Å². The Morgan fingerprint density at radius 2 is 1.42 bits per heavy atom. The molecule has 0 radical (unpaired) electrons. The fourth-order valence-corrected chi connectivity index (χ4v) is 5.74. The van der Waals surface area contributed by atoms with E-state index in [2.05, 4.69) is 16.0 Å². The lowest BCUT2D eigenvalue weighted by atomic mass is 9.82. The van der Waals surface area contributed by atoms with E-state index in [1.807, 2.05) is 30.3 Å². The first-order valence-corrected chi connectivity index (χ1v) is 14.6. The fraction of sp³-hybridized carbons (Fsp3) is 0.353. The Kier molecular flexibility index (Phi) is 8.52. The SMILES string of the molecule is CC(C)(C)OC(=O)N[C@@H](Cc1ccccc1)C(=O)NC1CCC(Nc2ccc(O)c3c2C(=O)c2ccccc2C3=O)CC1. The van der Waals surface area contributed by atoms with Crippen LogP contribution < -0.4 is 16.0 Å². The van der Waals surface area contributed by atoms with Gasteiger partial charge in [0.15, 0.2) is 11.6 Å². The van der Waals surface area contributed by atoms with Crippen molar-refractivity contribution in [1.82, 2.24) is 10.6 Å². The van der Waals surface area contributed by atoms with Gasteiger partial charge < -0.3 is 25.8 Å². The van der Waals surface area contributed by atoms with Crippen molar-refractivity contribution in [2.45, 2.75) is 76.6 Å². The first kappa shape index (κ1) is 29.8. The molecular formula is C34H37N3O6. The molecule has 224 valence electrons. The van der Waals surface area contributed by atoms with Crippen LogP contribution in [-0.2, 0) is 16.0 Å². The van der Waals surface area contributed by atoms with Gasteiger partial charge in [-0.2, -0.15) is 0 Å². The van der Waals surface area contributed by atoms with Crippen molar-refractivity contribution in [3.63, 3.8) is 0 Å². The molecule has 0 bridgehead atoms. The van der Waals surface area contributed by atoms with E-state index >= 15 is 0 Å². The monoisotopic (exact) mass is 583 g/mol. The summed E-state index contributed by atoms with van der Waals surface area (Å²) in [6.45, 7) is 5.31. The van der Waals surface area contributed by atoms with Crippen LogP contribution in [-0.4, -0.2) is 52.4 Å². The van der Waals surface area contributed by atoms with Crippen LogP contribution >= 0.6 is 0 Å². The van der Waals surface area contributed by atoms with Crippen molar-refractivity contribution in [2.24, 2.45) is 0 Å². The molecule has 2 amide bonds. The summed E-state index contributed by atoms with van der Waals surface area (Å²) in [5, 5.41) is 19.8. The summed E-state index contributed by atoms with van der Waals surface area (Å²) in [7, 11) is 0. The molecule has 1 saturated carbocycles. The number of benzene rings is 3. The normalized spacial score (nSPS) is 18.6. The van der Waals surface area contributed by atoms with Gasteiger partial charge in [-0.25, -0.2) is 4.79 Å². The van der Waals surface area contributed by atoms with E-state index in [-0.39, 0.29) is 52.0 Å². The molecule has 0 spiro atoms. The van der Waals surface area contributed by atoms with E-state index in [0.717, 1.165) is 5.56 Å². The number of rotatable bonds is 7. The molecular weight excluding hydrogens is 546 g/mol. The summed E-state index contributed by atoms with van der Waals surface area (Å²) in [6.07, 6.45) is 2.47. The molecule has 1 fully saturated rings. The Morgan fingerprint density at radius 1 is 0.837 bits per heavy atom. The predicted molar refractivity (Wildman–Crippen MR) is 163 cm³/mol. The highest BCUT2D eigenvalue weighted by Gasteiger charge is 2.35. The maximum atomic E-state index is 13.4. The van der Waals surface area contributed by atoms with Crippen LogP contribution in [0.3, 0.4) is 0 Å². The molecule has 4 N–H and O–H groups in total. The van der Waals surface area contributed by atoms with Gasteiger partial charge in [-0.15, -0.1) is 0 Å². The van der Waals surface area contributed by atoms with Crippen LogP contribution in [0.25, 0.3) is 0 Å². The van der Waals surface area contributed by atoms with Crippen molar-refractivity contribution in [1.29, 1.82) is 0 Å². The van der Waals surface area contributed by atoms with Crippen molar-refractivity contribution in [2.75, 3.05) is 5.32 Å². The molecule has 3 aromatic rings. The van der Waals surface area contributed by atoms with Gasteiger partial charge in [-0.1, -0.05) is 54.6 Å². The first-order chi connectivity index (χ1) is 20.5. The van der Waals surface area contributed by atoms with E-state index in [1.54, 1.807) is 51.1 Å². The maximum absolute atomic E-state index is 13.4. The second kappa shape index (κ2) is 12.3. The van der Waals surface area contributed by atoms with Crippen LogP contribution in [0.4, 0.5) is 10.5 Å². The van der Waals surface area contributed by atoms with Crippen molar-refractivity contribution < 1.29 is 29.0 Å². The fourth-order valence-electron chi connectivity index (χ4n) is 5.74. The summed E-state index contributed by atoms with van der Waals surface area (Å²) in [5.41, 5.74) is 1.56. The van der Waals surface area contributed by atoms with E-state index in [4.69, 9.17) is 4.74 Å². The average Bonchev–Trinajstić information content (AvgIpc) is 2.97. The summed E-state index contributed by atoms with van der Waals surface area (Å²) in [4.78, 5) is 52.4. The van der Waals surface area contributed by atoms with Crippen molar-refractivity contribution in [3.8, 4) is 5.75 Å². The van der Waals surface area contributed by atoms with Gasteiger partial charge in [-0.05, 0) is 64.2 Å². The minimum absolute atomic E-state index is 0.00173. The Hall–Kier alpha value is -4.66. The minimum Gasteiger partial charge on any atom is -0.507 e. The lowest BCUT2D eigenvalue weighted by Gasteiger charge is -2.32. The minimum atomic E-state index is -0.803. The lowest BCUT2D eigenvalue weighted by molar-refractivity contribution is -0.124. The Labute approximate surface area is 251 Å². The number of phenolic OH excluding ortho intramolecular Hbond substituents is 1. The highest BCUT2D eigenvalue weighted by Crippen LogP contribution is 2.38. The van der Waals surface area contributed by atoms with Gasteiger partial charge in [0.2, 0.25) is 5.91 Å². The van der Waals surface area contributed by atoms with Gasteiger partial charge in [0.25, 0.3) is 0 Å². The number of ether oxygens (including phenoxy) is 1. The molecule has 3 aromatic carbocycles. The largest absolute Gasteiger partial charge is 0.507 e.